The monoisotopic (exact) mass is 248 g/mol. The van der Waals surface area contributed by atoms with Crippen molar-refractivity contribution in [1.29, 1.82) is 0 Å². The molecular weight excluding hydrogens is 228 g/mol. The van der Waals surface area contributed by atoms with Crippen molar-refractivity contribution in [3.63, 3.8) is 0 Å². The van der Waals surface area contributed by atoms with Gasteiger partial charge in [-0.25, -0.2) is 0 Å². The van der Waals surface area contributed by atoms with Gasteiger partial charge in [-0.3, -0.25) is 9.59 Å². The molecule has 0 unspecified atom stereocenters. The molecule has 0 atom stereocenters. The second-order valence-electron chi connectivity index (χ2n) is 4.95. The molecule has 0 aliphatic rings. The number of carbonyl (C=O) groups excluding carboxylic acids is 2. The first-order chi connectivity index (χ1) is 8.38. The van der Waals surface area contributed by atoms with Gasteiger partial charge in [0.1, 0.15) is 5.75 Å². The molecule has 0 fully saturated rings. The molecule has 98 valence electrons. The highest BCUT2D eigenvalue weighted by molar-refractivity contribution is 6.04. The number of hydrogen-bond donors (Lipinski definition) is 0. The van der Waals surface area contributed by atoms with Crippen LogP contribution in [-0.2, 0) is 0 Å². The van der Waals surface area contributed by atoms with Crippen LogP contribution in [0.15, 0.2) is 18.2 Å². The van der Waals surface area contributed by atoms with E-state index in [1.165, 1.54) is 7.11 Å². The van der Waals surface area contributed by atoms with E-state index in [0.717, 1.165) is 0 Å². The second-order valence-corrected chi connectivity index (χ2v) is 4.95. The zero-order valence-corrected chi connectivity index (χ0v) is 11.6. The summed E-state index contributed by atoms with van der Waals surface area (Å²) in [6.45, 7) is 7.35. The van der Waals surface area contributed by atoms with Crippen molar-refractivity contribution in [2.45, 2.75) is 27.7 Å². The predicted molar refractivity (Wildman–Crippen MR) is 71.3 cm³/mol. The molecule has 0 amide bonds. The molecule has 0 spiro atoms. The fraction of sp³-hybridized carbons (Fsp3) is 0.467. The average Bonchev–Trinajstić information content (AvgIpc) is 2.35. The number of carbonyl (C=O) groups is 2. The summed E-state index contributed by atoms with van der Waals surface area (Å²) in [5, 5.41) is 0. The molecule has 0 saturated carbocycles. The summed E-state index contributed by atoms with van der Waals surface area (Å²) in [5.74, 6) is 0.346. The van der Waals surface area contributed by atoms with E-state index in [9.17, 15) is 9.59 Å². The summed E-state index contributed by atoms with van der Waals surface area (Å²) in [5.41, 5.74) is 1.05. The van der Waals surface area contributed by atoms with Gasteiger partial charge in [0.25, 0.3) is 0 Å². The van der Waals surface area contributed by atoms with Gasteiger partial charge in [-0.1, -0.05) is 27.7 Å². The third kappa shape index (κ3) is 2.97. The van der Waals surface area contributed by atoms with Crippen molar-refractivity contribution in [2.24, 2.45) is 11.8 Å². The van der Waals surface area contributed by atoms with Gasteiger partial charge in [-0.05, 0) is 18.2 Å². The van der Waals surface area contributed by atoms with Crippen LogP contribution in [0, 0.1) is 11.8 Å². The fourth-order valence-corrected chi connectivity index (χ4v) is 1.70. The Bertz CT molecular complexity index is 459. The molecule has 0 N–H and O–H groups in total. The van der Waals surface area contributed by atoms with Crippen molar-refractivity contribution < 1.29 is 14.3 Å². The summed E-state index contributed by atoms with van der Waals surface area (Å²) in [4.78, 5) is 24.0. The molecular formula is C15H20O3. The maximum atomic E-state index is 12.1. The van der Waals surface area contributed by atoms with E-state index in [1.807, 2.05) is 27.7 Å². The van der Waals surface area contributed by atoms with Crippen LogP contribution in [0.2, 0.25) is 0 Å². The Balaban J connectivity index is 3.26. The first-order valence-electron chi connectivity index (χ1n) is 6.15. The minimum Gasteiger partial charge on any atom is -0.496 e. The Morgan fingerprint density at radius 3 is 2.00 bits per heavy atom. The van der Waals surface area contributed by atoms with E-state index in [-0.39, 0.29) is 23.4 Å². The predicted octanol–water partition coefficient (Wildman–Crippen LogP) is 3.37. The molecule has 0 aliphatic carbocycles. The van der Waals surface area contributed by atoms with Crippen LogP contribution in [0.5, 0.6) is 5.75 Å². The van der Waals surface area contributed by atoms with Gasteiger partial charge in [-0.2, -0.15) is 0 Å². The molecule has 0 saturated heterocycles. The Kier molecular flexibility index (Phi) is 4.65. The third-order valence-corrected chi connectivity index (χ3v) is 2.80. The van der Waals surface area contributed by atoms with Gasteiger partial charge < -0.3 is 4.74 Å². The molecule has 3 nitrogen and oxygen atoms in total. The smallest absolute Gasteiger partial charge is 0.169 e. The minimum atomic E-state index is -0.122. The normalized spacial score (nSPS) is 10.8. The van der Waals surface area contributed by atoms with Gasteiger partial charge in [0.15, 0.2) is 11.6 Å². The number of rotatable bonds is 5. The van der Waals surface area contributed by atoms with E-state index in [4.69, 9.17) is 4.74 Å². The second kappa shape index (κ2) is 5.80. The summed E-state index contributed by atoms with van der Waals surface area (Å²) < 4.78 is 5.18. The Morgan fingerprint density at radius 1 is 1.00 bits per heavy atom. The molecule has 0 aromatic heterocycles. The zero-order chi connectivity index (χ0) is 13.9. The van der Waals surface area contributed by atoms with Crippen LogP contribution >= 0.6 is 0 Å². The Morgan fingerprint density at radius 2 is 1.56 bits per heavy atom. The van der Waals surface area contributed by atoms with Crippen molar-refractivity contribution in [1.82, 2.24) is 0 Å². The van der Waals surface area contributed by atoms with Gasteiger partial charge in [0.2, 0.25) is 0 Å². The maximum Gasteiger partial charge on any atom is 0.169 e. The van der Waals surface area contributed by atoms with E-state index >= 15 is 0 Å². The van der Waals surface area contributed by atoms with E-state index in [0.29, 0.717) is 16.9 Å². The zero-order valence-electron chi connectivity index (χ0n) is 11.6. The molecule has 0 bridgehead atoms. The van der Waals surface area contributed by atoms with Gasteiger partial charge in [-0.15, -0.1) is 0 Å². The van der Waals surface area contributed by atoms with Gasteiger partial charge in [0.05, 0.1) is 12.7 Å². The first-order valence-corrected chi connectivity index (χ1v) is 6.15. The lowest BCUT2D eigenvalue weighted by atomic mass is 9.94. The van der Waals surface area contributed by atoms with Gasteiger partial charge >= 0.3 is 0 Å². The molecule has 18 heavy (non-hydrogen) atoms. The SMILES string of the molecule is COc1ccc(C(=O)C(C)C)cc1C(=O)C(C)C. The van der Waals surface area contributed by atoms with Crippen molar-refractivity contribution >= 4 is 11.6 Å². The number of Topliss-reactive ketones (excluding diaryl/α,β-unsaturated/α-hetero) is 2. The first kappa shape index (κ1) is 14.4. The molecule has 3 heteroatoms. The summed E-state index contributed by atoms with van der Waals surface area (Å²) in [6, 6.07) is 5.03. The van der Waals surface area contributed by atoms with Crippen LogP contribution in [0.3, 0.4) is 0 Å². The van der Waals surface area contributed by atoms with Gasteiger partial charge in [0, 0.05) is 17.4 Å². The third-order valence-electron chi connectivity index (χ3n) is 2.80. The summed E-state index contributed by atoms with van der Waals surface area (Å²) >= 11 is 0. The van der Waals surface area contributed by atoms with E-state index < -0.39 is 0 Å². The largest absolute Gasteiger partial charge is 0.496 e. The number of methoxy groups -OCH3 is 1. The lowest BCUT2D eigenvalue weighted by Gasteiger charge is -2.12. The summed E-state index contributed by atoms with van der Waals surface area (Å²) in [6.07, 6.45) is 0. The number of hydrogen-bond acceptors (Lipinski definition) is 3. The van der Waals surface area contributed by atoms with Crippen molar-refractivity contribution in [3.05, 3.63) is 29.3 Å². The minimum absolute atomic E-state index is 0.00902. The molecule has 1 aromatic carbocycles. The average molecular weight is 248 g/mol. The fourth-order valence-electron chi connectivity index (χ4n) is 1.70. The topological polar surface area (TPSA) is 43.4 Å². The number of benzene rings is 1. The number of ketones is 2. The van der Waals surface area contributed by atoms with E-state index in [1.54, 1.807) is 18.2 Å². The maximum absolute atomic E-state index is 12.1. The molecule has 0 aliphatic heterocycles. The molecule has 0 heterocycles. The molecule has 1 rings (SSSR count). The van der Waals surface area contributed by atoms with Crippen LogP contribution in [0.4, 0.5) is 0 Å². The Labute approximate surface area is 108 Å². The molecule has 0 radical (unpaired) electrons. The van der Waals surface area contributed by atoms with Crippen molar-refractivity contribution in [3.8, 4) is 5.75 Å². The number of ether oxygens (including phenoxy) is 1. The van der Waals surface area contributed by atoms with Crippen molar-refractivity contribution in [2.75, 3.05) is 7.11 Å². The van der Waals surface area contributed by atoms with Crippen LogP contribution < -0.4 is 4.74 Å². The van der Waals surface area contributed by atoms with Crippen LogP contribution in [0.1, 0.15) is 48.4 Å². The highest BCUT2D eigenvalue weighted by atomic mass is 16.5. The molecule has 1 aromatic rings. The van der Waals surface area contributed by atoms with E-state index in [2.05, 4.69) is 0 Å². The highest BCUT2D eigenvalue weighted by Crippen LogP contribution is 2.24. The lowest BCUT2D eigenvalue weighted by Crippen LogP contribution is -2.13. The summed E-state index contributed by atoms with van der Waals surface area (Å²) in [7, 11) is 1.52. The quantitative estimate of drug-likeness (QED) is 0.750. The van der Waals surface area contributed by atoms with Crippen LogP contribution in [-0.4, -0.2) is 18.7 Å². The Hall–Kier alpha value is -1.64. The standard InChI is InChI=1S/C15H20O3/c1-9(2)14(16)11-6-7-13(18-5)12(8-11)15(17)10(3)4/h6-10H,1-5H3. The lowest BCUT2D eigenvalue weighted by molar-refractivity contribution is 0.0936. The highest BCUT2D eigenvalue weighted by Gasteiger charge is 2.19. The van der Waals surface area contributed by atoms with Crippen LogP contribution in [0.25, 0.3) is 0 Å².